The summed E-state index contributed by atoms with van der Waals surface area (Å²) in [6, 6.07) is 23.8. The van der Waals surface area contributed by atoms with Gasteiger partial charge in [-0.25, -0.2) is 4.79 Å². The predicted molar refractivity (Wildman–Crippen MR) is 202 cm³/mol. The van der Waals surface area contributed by atoms with Gasteiger partial charge < -0.3 is 39.3 Å². The minimum Gasteiger partial charge on any atom is -0.508 e. The molecule has 3 aromatic rings. The first-order valence-corrected chi connectivity index (χ1v) is 18.8. The Balaban J connectivity index is 1.49. The number of aliphatic hydroxyl groups excluding tert-OH is 2. The molecule has 1 heterocycles. The van der Waals surface area contributed by atoms with Crippen LogP contribution in [0.25, 0.3) is 0 Å². The average molecular weight is 725 g/mol. The van der Waals surface area contributed by atoms with Crippen LogP contribution in [0, 0.1) is 17.8 Å². The molecule has 3 aromatic carbocycles. The van der Waals surface area contributed by atoms with Crippen LogP contribution in [0.2, 0.25) is 0 Å². The molecule has 6 rings (SSSR count). The predicted octanol–water partition coefficient (Wildman–Crippen LogP) is 7.49. The van der Waals surface area contributed by atoms with Crippen molar-refractivity contribution >= 4 is 11.8 Å². The van der Waals surface area contributed by atoms with Gasteiger partial charge in [0, 0.05) is 38.2 Å². The molecule has 10 nitrogen and oxygen atoms in total. The zero-order valence-electron chi connectivity index (χ0n) is 30.5. The van der Waals surface area contributed by atoms with Crippen LogP contribution in [0.15, 0.2) is 108 Å². The average Bonchev–Trinajstić information content (AvgIpc) is 3.18. The number of allylic oxidation sites excluding steroid dienone is 1. The van der Waals surface area contributed by atoms with Crippen LogP contribution in [-0.2, 0) is 27.5 Å². The van der Waals surface area contributed by atoms with Crippen molar-refractivity contribution in [2.75, 3.05) is 26.9 Å². The lowest BCUT2D eigenvalue weighted by Crippen LogP contribution is -2.69. The number of aromatic hydroxyl groups is 1. The quantitative estimate of drug-likeness (QED) is 0.0742. The van der Waals surface area contributed by atoms with Crippen molar-refractivity contribution in [3.8, 4) is 11.5 Å². The van der Waals surface area contributed by atoms with E-state index in [0.29, 0.717) is 24.3 Å². The molecule has 0 radical (unpaired) electrons. The summed E-state index contributed by atoms with van der Waals surface area (Å²) in [5.74, 6) is -1.22. The van der Waals surface area contributed by atoms with Crippen molar-refractivity contribution < 1.29 is 39.2 Å². The molecule has 2 aliphatic carbocycles. The molecule has 0 bridgehead atoms. The highest BCUT2D eigenvalue weighted by molar-refractivity contribution is 6.02. The van der Waals surface area contributed by atoms with Crippen LogP contribution in [0.5, 0.6) is 11.5 Å². The van der Waals surface area contributed by atoms with Gasteiger partial charge in [-0.3, -0.25) is 0 Å². The number of rotatable bonds is 17. The number of benzene rings is 3. The van der Waals surface area contributed by atoms with E-state index >= 15 is 0 Å². The fourth-order valence-corrected chi connectivity index (χ4v) is 8.44. The monoisotopic (exact) mass is 724 g/mol. The molecule has 0 spiro atoms. The largest absolute Gasteiger partial charge is 0.508 e. The number of nitrogens with zero attached hydrogens (tertiary/aromatic N) is 2. The number of likely N-dealkylation sites (N-methyl/N-ethyl adjacent to an activating group) is 1. The van der Waals surface area contributed by atoms with E-state index in [-0.39, 0.29) is 63.0 Å². The van der Waals surface area contributed by atoms with E-state index in [0.717, 1.165) is 47.9 Å². The van der Waals surface area contributed by atoms with Crippen LogP contribution in [0.1, 0.15) is 67.6 Å². The third-order valence-electron chi connectivity index (χ3n) is 10.9. The molecular formula is C43H52N2O8. The molecule has 6 unspecified atom stereocenters. The maximum atomic E-state index is 14.0. The van der Waals surface area contributed by atoms with E-state index in [1.807, 2.05) is 60.7 Å². The second kappa shape index (κ2) is 17.9. The fourth-order valence-electron chi connectivity index (χ4n) is 8.44. The molecule has 1 aliphatic heterocycles. The Morgan fingerprint density at radius 1 is 0.962 bits per heavy atom. The van der Waals surface area contributed by atoms with E-state index in [4.69, 9.17) is 24.2 Å². The first kappa shape index (κ1) is 38.1. The summed E-state index contributed by atoms with van der Waals surface area (Å²) in [6.07, 6.45) is 8.30. The first-order chi connectivity index (χ1) is 25.9. The van der Waals surface area contributed by atoms with Crippen molar-refractivity contribution in [1.82, 2.24) is 4.90 Å². The van der Waals surface area contributed by atoms with Gasteiger partial charge in [-0.15, -0.1) is 6.58 Å². The number of ether oxygens (including phenoxy) is 3. The number of carbonyl (C=O) groups excluding carboxylic acids is 1. The second-order valence-electron chi connectivity index (χ2n) is 14.2. The minimum absolute atomic E-state index is 0.0609. The van der Waals surface area contributed by atoms with Gasteiger partial charge in [0.05, 0.1) is 18.2 Å². The van der Waals surface area contributed by atoms with E-state index in [2.05, 4.69) is 12.7 Å². The molecule has 0 aromatic heterocycles. The van der Waals surface area contributed by atoms with Gasteiger partial charge in [-0.1, -0.05) is 90.8 Å². The third kappa shape index (κ3) is 8.45. The summed E-state index contributed by atoms with van der Waals surface area (Å²) < 4.78 is 19.8. The first-order valence-electron chi connectivity index (χ1n) is 18.8. The molecular weight excluding hydrogens is 672 g/mol. The van der Waals surface area contributed by atoms with E-state index < -0.39 is 23.8 Å². The number of unbranched alkanes of at least 4 members (excludes halogenated alkanes) is 2. The topological polar surface area (TPSA) is 130 Å². The Morgan fingerprint density at radius 3 is 2.32 bits per heavy atom. The Kier molecular flexibility index (Phi) is 12.9. The van der Waals surface area contributed by atoms with Crippen molar-refractivity contribution in [1.29, 1.82) is 0 Å². The van der Waals surface area contributed by atoms with Gasteiger partial charge in [0.2, 0.25) is 5.79 Å². The number of carbonyl (C=O) groups is 1. The summed E-state index contributed by atoms with van der Waals surface area (Å²) in [7, 11) is 1.71. The molecule has 53 heavy (non-hydrogen) atoms. The van der Waals surface area contributed by atoms with Gasteiger partial charge in [0.1, 0.15) is 30.8 Å². The molecule has 0 saturated heterocycles. The van der Waals surface area contributed by atoms with Crippen molar-refractivity contribution in [2.45, 2.75) is 75.9 Å². The summed E-state index contributed by atoms with van der Waals surface area (Å²) >= 11 is 0. The number of fused-ring (bicyclic) bond motifs is 2. The molecule has 1 fully saturated rings. The Hall–Kier alpha value is -4.64. The standard InChI is InChI=1S/C43H52N2O8/c1-3-24-51-43-39(45(2)42(49)50-28-30-14-6-4-7-15-30)27-37(44-52-29-31-16-8-5-9-17-31)35-25-32(18-10-12-22-46)34(19-11-13-23-47)40(41(35)43)36-26-33(48)20-21-38(36)53-43/h3-9,14-17,20-21,25-26,32,34,39-41,46-48H,1,10-13,18-19,22-24,27-29H2,2H3. The lowest BCUT2D eigenvalue weighted by molar-refractivity contribution is -0.253. The van der Waals surface area contributed by atoms with Crippen LogP contribution in [0.4, 0.5) is 4.79 Å². The van der Waals surface area contributed by atoms with E-state index in [1.165, 1.54) is 0 Å². The Labute approximate surface area is 312 Å². The molecule has 10 heteroatoms. The maximum absolute atomic E-state index is 14.0. The fraction of sp³-hybridized carbons (Fsp3) is 0.442. The van der Waals surface area contributed by atoms with Gasteiger partial charge in [0.25, 0.3) is 0 Å². The number of hydrogen-bond acceptors (Lipinski definition) is 9. The van der Waals surface area contributed by atoms with Crippen LogP contribution in [0.3, 0.4) is 0 Å². The lowest BCUT2D eigenvalue weighted by atomic mass is 9.55. The van der Waals surface area contributed by atoms with E-state index in [1.54, 1.807) is 36.2 Å². The van der Waals surface area contributed by atoms with Crippen LogP contribution in [-0.4, -0.2) is 70.7 Å². The molecule has 282 valence electrons. The maximum Gasteiger partial charge on any atom is 0.410 e. The van der Waals surface area contributed by atoms with Gasteiger partial charge >= 0.3 is 6.09 Å². The van der Waals surface area contributed by atoms with Gasteiger partial charge in [-0.05, 0) is 72.4 Å². The summed E-state index contributed by atoms with van der Waals surface area (Å²) in [5.41, 5.74) is 4.32. The third-order valence-corrected chi connectivity index (χ3v) is 10.9. The highest BCUT2D eigenvalue weighted by Gasteiger charge is 2.65. The minimum atomic E-state index is -1.39. The number of oxime groups is 1. The number of phenols is 1. The molecule has 3 N–H and O–H groups in total. The van der Waals surface area contributed by atoms with Gasteiger partial charge in [0.15, 0.2) is 0 Å². The summed E-state index contributed by atoms with van der Waals surface area (Å²) in [4.78, 5) is 21.6. The highest BCUT2D eigenvalue weighted by Crippen LogP contribution is 2.61. The summed E-state index contributed by atoms with van der Waals surface area (Å²) in [5, 5.41) is 35.2. The van der Waals surface area contributed by atoms with E-state index in [9.17, 15) is 20.1 Å². The van der Waals surface area contributed by atoms with Crippen molar-refractivity contribution in [3.05, 3.63) is 120 Å². The number of aliphatic hydroxyl groups is 2. The lowest BCUT2D eigenvalue weighted by Gasteiger charge is -2.59. The molecule has 1 amide bonds. The van der Waals surface area contributed by atoms with Crippen LogP contribution >= 0.6 is 0 Å². The normalized spacial score (nSPS) is 25.0. The molecule has 1 saturated carbocycles. The number of hydrogen-bond donors (Lipinski definition) is 3. The zero-order chi connectivity index (χ0) is 37.2. The highest BCUT2D eigenvalue weighted by atomic mass is 16.7. The smallest absolute Gasteiger partial charge is 0.410 e. The second-order valence-corrected chi connectivity index (χ2v) is 14.2. The molecule has 3 aliphatic rings. The number of phenolic OH excluding ortho intramolecular Hbond substituents is 1. The molecule has 6 atom stereocenters. The SMILES string of the molecule is C=CCOC12Oc3ccc(O)cc3C3C(CCCCO)C(CCCCO)C=C(C(=NOCc4ccccc4)CC1N(C)C(=O)OCc1ccccc1)C32. The zero-order valence-corrected chi connectivity index (χ0v) is 30.5. The summed E-state index contributed by atoms with van der Waals surface area (Å²) in [6.45, 7) is 4.68. The number of amides is 1. The van der Waals surface area contributed by atoms with Gasteiger partial charge in [-0.2, -0.15) is 0 Å². The van der Waals surface area contributed by atoms with Crippen LogP contribution < -0.4 is 4.74 Å². The van der Waals surface area contributed by atoms with Crippen molar-refractivity contribution in [2.24, 2.45) is 22.9 Å². The Morgan fingerprint density at radius 2 is 1.64 bits per heavy atom. The Bertz CT molecular complexity index is 1730. The van der Waals surface area contributed by atoms with Crippen molar-refractivity contribution in [3.63, 3.8) is 0 Å².